The zero-order valence-electron chi connectivity index (χ0n) is 9.49. The van der Waals surface area contributed by atoms with E-state index in [1.54, 1.807) is 0 Å². The van der Waals surface area contributed by atoms with Gasteiger partial charge >= 0.3 is 0 Å². The molecule has 0 saturated carbocycles. The Morgan fingerprint density at radius 1 is 1.12 bits per heavy atom. The quantitative estimate of drug-likeness (QED) is 0.806. The first-order chi connectivity index (χ1) is 7.68. The highest BCUT2D eigenvalue weighted by Crippen LogP contribution is 2.25. The number of anilines is 3. The van der Waals surface area contributed by atoms with Crippen LogP contribution in [0.1, 0.15) is 11.3 Å². The maximum atomic E-state index is 5.93. The van der Waals surface area contributed by atoms with Crippen LogP contribution in [0.15, 0.2) is 36.5 Å². The first-order valence-electron chi connectivity index (χ1n) is 5.22. The molecule has 1 heterocycles. The summed E-state index contributed by atoms with van der Waals surface area (Å²) < 4.78 is 0. The Kier molecular flexibility index (Phi) is 2.77. The Bertz CT molecular complexity index is 492. The average molecular weight is 213 g/mol. The zero-order chi connectivity index (χ0) is 11.5. The Morgan fingerprint density at radius 2 is 1.81 bits per heavy atom. The summed E-state index contributed by atoms with van der Waals surface area (Å²) >= 11 is 0. The van der Waals surface area contributed by atoms with Crippen LogP contribution >= 0.6 is 0 Å². The molecule has 3 heteroatoms. The van der Waals surface area contributed by atoms with Crippen molar-refractivity contribution in [2.75, 3.05) is 11.1 Å². The molecule has 0 aliphatic carbocycles. The number of aromatic nitrogens is 1. The summed E-state index contributed by atoms with van der Waals surface area (Å²) in [4.78, 5) is 4.25. The van der Waals surface area contributed by atoms with Crippen molar-refractivity contribution in [1.82, 2.24) is 4.98 Å². The largest absolute Gasteiger partial charge is 0.397 e. The standard InChI is InChI=1S/C13H15N3/c1-9-12(8-15-10(2)13(9)14)16-11-6-4-3-5-7-11/h3-8,16H,14H2,1-2H3. The average Bonchev–Trinajstić information content (AvgIpc) is 2.31. The Hall–Kier alpha value is -2.03. The fourth-order valence-corrected chi connectivity index (χ4v) is 1.55. The number of hydrogen-bond acceptors (Lipinski definition) is 3. The summed E-state index contributed by atoms with van der Waals surface area (Å²) in [6, 6.07) is 9.98. The topological polar surface area (TPSA) is 50.9 Å². The molecule has 1 aromatic carbocycles. The van der Waals surface area contributed by atoms with E-state index in [1.807, 2.05) is 50.4 Å². The number of nitrogen functional groups attached to an aromatic ring is 1. The molecule has 0 saturated heterocycles. The van der Waals surface area contributed by atoms with Crippen molar-refractivity contribution < 1.29 is 0 Å². The third-order valence-electron chi connectivity index (χ3n) is 2.64. The van der Waals surface area contributed by atoms with E-state index in [0.29, 0.717) is 0 Å². The number of nitrogens with two attached hydrogens (primary N) is 1. The van der Waals surface area contributed by atoms with Gasteiger partial charge in [-0.3, -0.25) is 4.98 Å². The fraction of sp³-hybridized carbons (Fsp3) is 0.154. The van der Waals surface area contributed by atoms with Gasteiger partial charge in [-0.25, -0.2) is 0 Å². The molecule has 16 heavy (non-hydrogen) atoms. The van der Waals surface area contributed by atoms with Crippen LogP contribution in [-0.4, -0.2) is 4.98 Å². The molecule has 0 spiro atoms. The molecule has 3 N–H and O–H groups in total. The number of rotatable bonds is 2. The molecule has 0 amide bonds. The second-order valence-corrected chi connectivity index (χ2v) is 3.79. The summed E-state index contributed by atoms with van der Waals surface area (Å²) in [5.41, 5.74) is 10.6. The van der Waals surface area contributed by atoms with Crippen molar-refractivity contribution in [2.45, 2.75) is 13.8 Å². The highest BCUT2D eigenvalue weighted by atomic mass is 14.9. The first kappa shape index (κ1) is 10.5. The van der Waals surface area contributed by atoms with Crippen molar-refractivity contribution in [3.8, 4) is 0 Å². The van der Waals surface area contributed by atoms with Crippen molar-refractivity contribution in [2.24, 2.45) is 0 Å². The molecular weight excluding hydrogens is 198 g/mol. The van der Waals surface area contributed by atoms with E-state index in [0.717, 1.165) is 28.3 Å². The second-order valence-electron chi connectivity index (χ2n) is 3.79. The summed E-state index contributed by atoms with van der Waals surface area (Å²) in [5.74, 6) is 0. The molecule has 3 nitrogen and oxygen atoms in total. The third-order valence-corrected chi connectivity index (χ3v) is 2.64. The third kappa shape index (κ3) is 1.98. The molecule has 2 aromatic rings. The van der Waals surface area contributed by atoms with Crippen molar-refractivity contribution in [3.05, 3.63) is 47.8 Å². The van der Waals surface area contributed by atoms with Crippen LogP contribution in [0.2, 0.25) is 0 Å². The maximum Gasteiger partial charge on any atom is 0.0621 e. The minimum Gasteiger partial charge on any atom is -0.397 e. The molecular formula is C13H15N3. The number of pyridine rings is 1. The molecule has 0 aliphatic heterocycles. The molecule has 0 fully saturated rings. The van der Waals surface area contributed by atoms with Gasteiger partial charge in [-0.2, -0.15) is 0 Å². The lowest BCUT2D eigenvalue weighted by Gasteiger charge is -2.12. The van der Waals surface area contributed by atoms with E-state index >= 15 is 0 Å². The van der Waals surface area contributed by atoms with Gasteiger partial charge in [0.2, 0.25) is 0 Å². The van der Waals surface area contributed by atoms with E-state index in [9.17, 15) is 0 Å². The highest BCUT2D eigenvalue weighted by Gasteiger charge is 2.05. The van der Waals surface area contributed by atoms with E-state index in [4.69, 9.17) is 5.73 Å². The van der Waals surface area contributed by atoms with Crippen LogP contribution < -0.4 is 11.1 Å². The van der Waals surface area contributed by atoms with Gasteiger partial charge in [-0.15, -0.1) is 0 Å². The highest BCUT2D eigenvalue weighted by molar-refractivity contribution is 5.69. The van der Waals surface area contributed by atoms with Crippen LogP contribution in [0.5, 0.6) is 0 Å². The lowest BCUT2D eigenvalue weighted by atomic mass is 10.1. The number of benzene rings is 1. The first-order valence-corrected chi connectivity index (χ1v) is 5.22. The van der Waals surface area contributed by atoms with Crippen molar-refractivity contribution >= 4 is 17.1 Å². The van der Waals surface area contributed by atoms with Gasteiger partial charge in [-0.05, 0) is 31.5 Å². The second kappa shape index (κ2) is 4.23. The predicted octanol–water partition coefficient (Wildman–Crippen LogP) is 3.02. The van der Waals surface area contributed by atoms with Crippen LogP contribution in [0.4, 0.5) is 17.1 Å². The predicted molar refractivity (Wildman–Crippen MR) is 67.8 cm³/mol. The molecule has 0 atom stereocenters. The van der Waals surface area contributed by atoms with Gasteiger partial charge < -0.3 is 11.1 Å². The minimum atomic E-state index is 0.751. The lowest BCUT2D eigenvalue weighted by Crippen LogP contribution is -2.01. The molecule has 0 radical (unpaired) electrons. The van der Waals surface area contributed by atoms with E-state index in [1.165, 1.54) is 0 Å². The van der Waals surface area contributed by atoms with Gasteiger partial charge in [-0.1, -0.05) is 18.2 Å². The van der Waals surface area contributed by atoms with Gasteiger partial charge in [0.25, 0.3) is 0 Å². The molecule has 82 valence electrons. The van der Waals surface area contributed by atoms with E-state index < -0.39 is 0 Å². The molecule has 0 aliphatic rings. The van der Waals surface area contributed by atoms with E-state index in [2.05, 4.69) is 10.3 Å². The zero-order valence-corrected chi connectivity index (χ0v) is 9.49. The van der Waals surface area contributed by atoms with Crippen LogP contribution in [0.25, 0.3) is 0 Å². The Labute approximate surface area is 95.3 Å². The fourth-order valence-electron chi connectivity index (χ4n) is 1.55. The van der Waals surface area contributed by atoms with Gasteiger partial charge in [0.05, 0.1) is 23.3 Å². The van der Waals surface area contributed by atoms with Crippen LogP contribution in [0, 0.1) is 13.8 Å². The van der Waals surface area contributed by atoms with Crippen LogP contribution in [-0.2, 0) is 0 Å². The summed E-state index contributed by atoms with van der Waals surface area (Å²) in [6.07, 6.45) is 1.81. The van der Waals surface area contributed by atoms with Gasteiger partial charge in [0.15, 0.2) is 0 Å². The lowest BCUT2D eigenvalue weighted by molar-refractivity contribution is 1.18. The molecule has 0 bridgehead atoms. The smallest absolute Gasteiger partial charge is 0.0621 e. The number of nitrogens with zero attached hydrogens (tertiary/aromatic N) is 1. The maximum absolute atomic E-state index is 5.93. The van der Waals surface area contributed by atoms with Crippen LogP contribution in [0.3, 0.4) is 0 Å². The number of aryl methyl sites for hydroxylation is 1. The Balaban J connectivity index is 2.33. The monoisotopic (exact) mass is 213 g/mol. The number of hydrogen-bond donors (Lipinski definition) is 2. The van der Waals surface area contributed by atoms with Gasteiger partial charge in [0, 0.05) is 5.69 Å². The number of para-hydroxylation sites is 1. The van der Waals surface area contributed by atoms with E-state index in [-0.39, 0.29) is 0 Å². The summed E-state index contributed by atoms with van der Waals surface area (Å²) in [5, 5.41) is 3.30. The number of nitrogens with one attached hydrogen (secondary N) is 1. The van der Waals surface area contributed by atoms with Crippen molar-refractivity contribution in [3.63, 3.8) is 0 Å². The molecule has 1 aromatic heterocycles. The normalized spacial score (nSPS) is 10.1. The van der Waals surface area contributed by atoms with Gasteiger partial charge in [0.1, 0.15) is 0 Å². The van der Waals surface area contributed by atoms with Crippen molar-refractivity contribution in [1.29, 1.82) is 0 Å². The minimum absolute atomic E-state index is 0.751. The summed E-state index contributed by atoms with van der Waals surface area (Å²) in [7, 11) is 0. The Morgan fingerprint density at radius 3 is 2.50 bits per heavy atom. The molecule has 2 rings (SSSR count). The SMILES string of the molecule is Cc1ncc(Nc2ccccc2)c(C)c1N. The molecule has 0 unspecified atom stereocenters. The summed E-state index contributed by atoms with van der Waals surface area (Å²) in [6.45, 7) is 3.91.